The lowest BCUT2D eigenvalue weighted by atomic mass is 10.0. The fourth-order valence-corrected chi connectivity index (χ4v) is 3.45. The molecule has 0 aliphatic carbocycles. The van der Waals surface area contributed by atoms with Crippen molar-refractivity contribution in [1.29, 1.82) is 0 Å². The van der Waals surface area contributed by atoms with E-state index in [0.717, 1.165) is 27.7 Å². The second-order valence-electron chi connectivity index (χ2n) is 5.92. The van der Waals surface area contributed by atoms with Crippen molar-refractivity contribution >= 4 is 21.8 Å². The van der Waals surface area contributed by atoms with Crippen molar-refractivity contribution in [2.45, 2.75) is 13.5 Å². The number of nitrogens with zero attached hydrogens (tertiary/aromatic N) is 3. The average Bonchev–Trinajstić information content (AvgIpc) is 2.95. The maximum Gasteiger partial charge on any atom is 0.262 e. The molecule has 0 bridgehead atoms. The number of benzene rings is 2. The van der Waals surface area contributed by atoms with Gasteiger partial charge in [-0.15, -0.1) is 0 Å². The standard InChI is InChI=1S/C19H13N3O/c1-11-12-6-2-4-8-15(12)20-17-14(11)10-22-18(17)21-16-9-5-3-7-13(16)19(22)23/h2-9H,10H2,1H3. The van der Waals surface area contributed by atoms with Crippen LogP contribution in [0.15, 0.2) is 53.3 Å². The van der Waals surface area contributed by atoms with Gasteiger partial charge in [0.1, 0.15) is 5.69 Å². The summed E-state index contributed by atoms with van der Waals surface area (Å²) in [7, 11) is 0. The minimum Gasteiger partial charge on any atom is -0.286 e. The highest BCUT2D eigenvalue weighted by molar-refractivity contribution is 5.88. The van der Waals surface area contributed by atoms with Crippen molar-refractivity contribution in [3.05, 3.63) is 70.0 Å². The molecule has 0 saturated heterocycles. The minimum absolute atomic E-state index is 0.00653. The number of fused-ring (bicyclic) bond motifs is 5. The summed E-state index contributed by atoms with van der Waals surface area (Å²) < 4.78 is 1.74. The molecular formula is C19H13N3O. The summed E-state index contributed by atoms with van der Waals surface area (Å²) in [4.78, 5) is 22.3. The first-order chi connectivity index (χ1) is 11.2. The van der Waals surface area contributed by atoms with E-state index >= 15 is 0 Å². The molecule has 4 nitrogen and oxygen atoms in total. The monoisotopic (exact) mass is 299 g/mol. The molecule has 0 spiro atoms. The third-order valence-electron chi connectivity index (χ3n) is 4.67. The van der Waals surface area contributed by atoms with Crippen molar-refractivity contribution in [1.82, 2.24) is 14.5 Å². The highest BCUT2D eigenvalue weighted by Gasteiger charge is 2.26. The molecule has 0 fully saturated rings. The SMILES string of the molecule is Cc1c2c(nc3ccccc13)-c1nc3ccccc3c(=O)n1C2. The molecule has 110 valence electrons. The molecule has 0 N–H and O–H groups in total. The Hall–Kier alpha value is -3.01. The van der Waals surface area contributed by atoms with Crippen LogP contribution >= 0.6 is 0 Å². The molecule has 23 heavy (non-hydrogen) atoms. The first-order valence-electron chi connectivity index (χ1n) is 7.62. The van der Waals surface area contributed by atoms with Crippen LogP contribution in [0, 0.1) is 6.92 Å². The lowest BCUT2D eigenvalue weighted by Crippen LogP contribution is -2.20. The summed E-state index contributed by atoms with van der Waals surface area (Å²) in [5, 5.41) is 1.79. The van der Waals surface area contributed by atoms with Gasteiger partial charge in [-0.2, -0.15) is 0 Å². The van der Waals surface area contributed by atoms with Crippen molar-refractivity contribution in [2.75, 3.05) is 0 Å². The molecule has 0 unspecified atom stereocenters. The highest BCUT2D eigenvalue weighted by atomic mass is 16.1. The molecule has 3 heterocycles. The van der Waals surface area contributed by atoms with E-state index in [1.807, 2.05) is 42.5 Å². The summed E-state index contributed by atoms with van der Waals surface area (Å²) in [5.41, 5.74) is 4.79. The third-order valence-corrected chi connectivity index (χ3v) is 4.67. The van der Waals surface area contributed by atoms with E-state index in [1.54, 1.807) is 4.57 Å². The fourth-order valence-electron chi connectivity index (χ4n) is 3.45. The zero-order valence-electron chi connectivity index (χ0n) is 12.6. The predicted octanol–water partition coefficient (Wildman–Crippen LogP) is 3.28. The van der Waals surface area contributed by atoms with Gasteiger partial charge in [0.2, 0.25) is 0 Å². The normalized spacial score (nSPS) is 12.6. The van der Waals surface area contributed by atoms with Crippen molar-refractivity contribution in [3.63, 3.8) is 0 Å². The quantitative estimate of drug-likeness (QED) is 0.441. The van der Waals surface area contributed by atoms with Gasteiger partial charge >= 0.3 is 0 Å². The first kappa shape index (κ1) is 12.5. The van der Waals surface area contributed by atoms with Gasteiger partial charge in [0, 0.05) is 10.9 Å². The van der Waals surface area contributed by atoms with Crippen LogP contribution in [0.4, 0.5) is 0 Å². The van der Waals surface area contributed by atoms with Gasteiger partial charge in [-0.1, -0.05) is 30.3 Å². The van der Waals surface area contributed by atoms with Crippen LogP contribution in [0.3, 0.4) is 0 Å². The van der Waals surface area contributed by atoms with Gasteiger partial charge in [0.05, 0.1) is 23.0 Å². The molecule has 2 aromatic heterocycles. The average molecular weight is 299 g/mol. The number of rotatable bonds is 0. The predicted molar refractivity (Wildman–Crippen MR) is 90.6 cm³/mol. The molecule has 4 aromatic rings. The van der Waals surface area contributed by atoms with E-state index in [2.05, 4.69) is 13.0 Å². The van der Waals surface area contributed by atoms with Crippen molar-refractivity contribution in [3.8, 4) is 11.5 Å². The Labute approximate surface area is 132 Å². The van der Waals surface area contributed by atoms with Gasteiger partial charge in [0.15, 0.2) is 5.82 Å². The molecule has 5 rings (SSSR count). The molecule has 1 aliphatic heterocycles. The summed E-state index contributed by atoms with van der Waals surface area (Å²) in [6, 6.07) is 15.6. The Balaban J connectivity index is 1.93. The number of aryl methyl sites for hydroxylation is 1. The van der Waals surface area contributed by atoms with E-state index in [4.69, 9.17) is 9.97 Å². The van der Waals surface area contributed by atoms with E-state index in [9.17, 15) is 4.79 Å². The van der Waals surface area contributed by atoms with Gasteiger partial charge in [-0.25, -0.2) is 9.97 Å². The second-order valence-corrected chi connectivity index (χ2v) is 5.92. The molecule has 2 aromatic carbocycles. The fraction of sp³-hybridized carbons (Fsp3) is 0.105. The van der Waals surface area contributed by atoms with Gasteiger partial charge in [-0.05, 0) is 30.7 Å². The smallest absolute Gasteiger partial charge is 0.262 e. The van der Waals surface area contributed by atoms with Crippen LogP contribution in [0.25, 0.3) is 33.3 Å². The lowest BCUT2D eigenvalue weighted by Gasteiger charge is -2.06. The van der Waals surface area contributed by atoms with Gasteiger partial charge < -0.3 is 0 Å². The summed E-state index contributed by atoms with van der Waals surface area (Å²) in [6.07, 6.45) is 0. The van der Waals surface area contributed by atoms with E-state index in [1.165, 1.54) is 5.56 Å². The number of hydrogen-bond acceptors (Lipinski definition) is 3. The van der Waals surface area contributed by atoms with Crippen molar-refractivity contribution in [2.24, 2.45) is 0 Å². The van der Waals surface area contributed by atoms with Crippen LogP contribution < -0.4 is 5.56 Å². The van der Waals surface area contributed by atoms with Gasteiger partial charge in [-0.3, -0.25) is 9.36 Å². The van der Waals surface area contributed by atoms with Crippen LogP contribution in [0.2, 0.25) is 0 Å². The molecule has 1 aliphatic rings. The van der Waals surface area contributed by atoms with Crippen LogP contribution in [-0.2, 0) is 6.54 Å². The molecule has 0 radical (unpaired) electrons. The largest absolute Gasteiger partial charge is 0.286 e. The van der Waals surface area contributed by atoms with Crippen LogP contribution in [0.1, 0.15) is 11.1 Å². The Morgan fingerprint density at radius 3 is 2.35 bits per heavy atom. The Morgan fingerprint density at radius 1 is 0.913 bits per heavy atom. The third kappa shape index (κ3) is 1.58. The van der Waals surface area contributed by atoms with Crippen LogP contribution in [-0.4, -0.2) is 14.5 Å². The molecule has 0 saturated carbocycles. The van der Waals surface area contributed by atoms with Crippen LogP contribution in [0.5, 0.6) is 0 Å². The maximum absolute atomic E-state index is 12.8. The maximum atomic E-state index is 12.8. The number of para-hydroxylation sites is 2. The Morgan fingerprint density at radius 2 is 1.57 bits per heavy atom. The van der Waals surface area contributed by atoms with E-state index < -0.39 is 0 Å². The highest BCUT2D eigenvalue weighted by Crippen LogP contribution is 2.34. The number of pyridine rings is 1. The molecule has 0 atom stereocenters. The number of hydrogen-bond donors (Lipinski definition) is 0. The summed E-state index contributed by atoms with van der Waals surface area (Å²) >= 11 is 0. The molecule has 4 heteroatoms. The summed E-state index contributed by atoms with van der Waals surface area (Å²) in [5.74, 6) is 0.678. The Bertz CT molecular complexity index is 1170. The van der Waals surface area contributed by atoms with E-state index in [-0.39, 0.29) is 5.56 Å². The summed E-state index contributed by atoms with van der Waals surface area (Å²) in [6.45, 7) is 2.64. The van der Waals surface area contributed by atoms with Gasteiger partial charge in [0.25, 0.3) is 5.56 Å². The minimum atomic E-state index is 0.00653. The zero-order chi connectivity index (χ0) is 15.6. The first-order valence-corrected chi connectivity index (χ1v) is 7.62. The molecular weight excluding hydrogens is 286 g/mol. The van der Waals surface area contributed by atoms with Crippen molar-refractivity contribution < 1.29 is 0 Å². The Kier molecular flexibility index (Phi) is 2.32. The van der Waals surface area contributed by atoms with E-state index in [0.29, 0.717) is 17.8 Å². The zero-order valence-corrected chi connectivity index (χ0v) is 12.6. The second kappa shape index (κ2) is 4.26. The molecule has 0 amide bonds. The number of aromatic nitrogens is 3. The lowest BCUT2D eigenvalue weighted by molar-refractivity contribution is 0.794. The topological polar surface area (TPSA) is 47.8 Å².